The average molecular weight is 299 g/mol. The van der Waals surface area contributed by atoms with Crippen molar-refractivity contribution in [3.8, 4) is 0 Å². The number of aromatic nitrogens is 3. The smallest absolute Gasteiger partial charge is 0.258 e. The van der Waals surface area contributed by atoms with E-state index in [4.69, 9.17) is 23.2 Å². The van der Waals surface area contributed by atoms with Gasteiger partial charge in [0.1, 0.15) is 5.82 Å². The largest absolute Gasteiger partial charge is 0.289 e. The molecule has 0 saturated carbocycles. The number of nitrogens with one attached hydrogen (secondary N) is 2. The molecule has 0 aliphatic carbocycles. The van der Waals surface area contributed by atoms with Crippen LogP contribution in [0.2, 0.25) is 10.0 Å². The minimum atomic E-state index is -0.340. The Kier molecular flexibility index (Phi) is 4.07. The van der Waals surface area contributed by atoms with Crippen molar-refractivity contribution < 1.29 is 4.79 Å². The highest BCUT2D eigenvalue weighted by Gasteiger charge is 2.12. The summed E-state index contributed by atoms with van der Waals surface area (Å²) in [5.41, 5.74) is 0.394. The number of H-pyrrole nitrogens is 1. The fourth-order valence-corrected chi connectivity index (χ4v) is 1.70. The average Bonchev–Trinajstić information content (AvgIpc) is 2.81. The minimum absolute atomic E-state index is 0.211. The van der Waals surface area contributed by atoms with Gasteiger partial charge in [-0.25, -0.2) is 0 Å². The summed E-state index contributed by atoms with van der Waals surface area (Å²) < 4.78 is 0. The van der Waals surface area contributed by atoms with Crippen LogP contribution in [0.1, 0.15) is 35.9 Å². The van der Waals surface area contributed by atoms with E-state index in [0.29, 0.717) is 21.4 Å². The molecular weight excluding hydrogens is 287 g/mol. The first-order valence-corrected chi connectivity index (χ1v) is 6.41. The van der Waals surface area contributed by atoms with Crippen LogP contribution in [0.3, 0.4) is 0 Å². The second-order valence-electron chi connectivity index (χ2n) is 4.28. The maximum atomic E-state index is 11.9. The Morgan fingerprint density at radius 2 is 2.05 bits per heavy atom. The molecule has 1 aromatic heterocycles. The third-order valence-corrected chi connectivity index (χ3v) is 3.20. The molecule has 2 rings (SSSR count). The van der Waals surface area contributed by atoms with Crippen LogP contribution in [-0.2, 0) is 0 Å². The zero-order chi connectivity index (χ0) is 14.0. The summed E-state index contributed by atoms with van der Waals surface area (Å²) in [6.07, 6.45) is 0. The molecule has 0 bridgehead atoms. The SMILES string of the molecule is CC(C)c1nc(NC(=O)c2ccc(Cl)c(Cl)c2)n[nH]1. The van der Waals surface area contributed by atoms with Crippen molar-refractivity contribution in [1.29, 1.82) is 0 Å². The molecule has 1 amide bonds. The Balaban J connectivity index is 2.13. The molecule has 0 fully saturated rings. The van der Waals surface area contributed by atoms with E-state index in [2.05, 4.69) is 20.5 Å². The van der Waals surface area contributed by atoms with Gasteiger partial charge in [0.25, 0.3) is 5.91 Å². The van der Waals surface area contributed by atoms with Crippen molar-refractivity contribution in [1.82, 2.24) is 15.2 Å². The summed E-state index contributed by atoms with van der Waals surface area (Å²) in [5, 5.41) is 9.99. The second kappa shape index (κ2) is 5.59. The van der Waals surface area contributed by atoms with Crippen LogP contribution in [0.4, 0.5) is 5.95 Å². The molecule has 100 valence electrons. The van der Waals surface area contributed by atoms with Gasteiger partial charge < -0.3 is 0 Å². The van der Waals surface area contributed by atoms with E-state index < -0.39 is 0 Å². The monoisotopic (exact) mass is 298 g/mol. The van der Waals surface area contributed by atoms with E-state index in [-0.39, 0.29) is 17.8 Å². The van der Waals surface area contributed by atoms with Gasteiger partial charge in [0.2, 0.25) is 5.95 Å². The van der Waals surface area contributed by atoms with Crippen LogP contribution in [0.15, 0.2) is 18.2 Å². The summed E-state index contributed by atoms with van der Waals surface area (Å²) in [6, 6.07) is 4.64. The van der Waals surface area contributed by atoms with Crippen molar-refractivity contribution in [2.75, 3.05) is 5.32 Å². The van der Waals surface area contributed by atoms with Crippen LogP contribution in [0.5, 0.6) is 0 Å². The lowest BCUT2D eigenvalue weighted by atomic mass is 10.2. The van der Waals surface area contributed by atoms with Crippen molar-refractivity contribution in [3.63, 3.8) is 0 Å². The summed E-state index contributed by atoms with van der Waals surface area (Å²) in [4.78, 5) is 16.1. The van der Waals surface area contributed by atoms with E-state index in [1.54, 1.807) is 12.1 Å². The Morgan fingerprint density at radius 1 is 1.32 bits per heavy atom. The fourth-order valence-electron chi connectivity index (χ4n) is 1.40. The number of rotatable bonds is 3. The van der Waals surface area contributed by atoms with Gasteiger partial charge in [-0.05, 0) is 18.2 Å². The number of carbonyl (C=O) groups excluding carboxylic acids is 1. The third kappa shape index (κ3) is 3.24. The standard InChI is InChI=1S/C12H12Cl2N4O/c1-6(2)10-15-12(18-17-10)16-11(19)7-3-4-8(13)9(14)5-7/h3-6H,1-2H3,(H2,15,16,17,18,19). The van der Waals surface area contributed by atoms with Crippen molar-refractivity contribution >= 4 is 35.1 Å². The molecule has 0 aliphatic rings. The molecule has 0 atom stereocenters. The summed E-state index contributed by atoms with van der Waals surface area (Å²) in [7, 11) is 0. The van der Waals surface area contributed by atoms with Gasteiger partial charge in [-0.2, -0.15) is 4.98 Å². The number of hydrogen-bond acceptors (Lipinski definition) is 3. The molecule has 2 aromatic rings. The Bertz CT molecular complexity index is 610. The van der Waals surface area contributed by atoms with Gasteiger partial charge in [-0.3, -0.25) is 15.2 Å². The van der Waals surface area contributed by atoms with Crippen LogP contribution in [-0.4, -0.2) is 21.1 Å². The topological polar surface area (TPSA) is 70.7 Å². The van der Waals surface area contributed by atoms with Crippen molar-refractivity contribution in [3.05, 3.63) is 39.6 Å². The van der Waals surface area contributed by atoms with Gasteiger partial charge in [0.15, 0.2) is 0 Å². The molecule has 0 saturated heterocycles. The Labute approximate surface area is 120 Å². The van der Waals surface area contributed by atoms with Crippen LogP contribution in [0.25, 0.3) is 0 Å². The van der Waals surface area contributed by atoms with Crippen LogP contribution >= 0.6 is 23.2 Å². The summed E-state index contributed by atoms with van der Waals surface area (Å²) >= 11 is 11.6. The molecule has 1 aromatic carbocycles. The first kappa shape index (κ1) is 13.8. The summed E-state index contributed by atoms with van der Waals surface area (Å²) in [6.45, 7) is 3.95. The molecule has 0 aliphatic heterocycles. The maximum absolute atomic E-state index is 11.9. The van der Waals surface area contributed by atoms with Crippen molar-refractivity contribution in [2.24, 2.45) is 0 Å². The molecule has 0 unspecified atom stereocenters. The first-order chi connectivity index (χ1) is 8.97. The van der Waals surface area contributed by atoms with Crippen LogP contribution in [0, 0.1) is 0 Å². The number of amides is 1. The number of nitrogens with zero attached hydrogens (tertiary/aromatic N) is 2. The highest BCUT2D eigenvalue weighted by molar-refractivity contribution is 6.42. The molecule has 5 nitrogen and oxygen atoms in total. The molecule has 0 spiro atoms. The van der Waals surface area contributed by atoms with E-state index >= 15 is 0 Å². The van der Waals surface area contributed by atoms with Gasteiger partial charge in [-0.15, -0.1) is 5.10 Å². The molecular formula is C12H12Cl2N4O. The van der Waals surface area contributed by atoms with Crippen LogP contribution < -0.4 is 5.32 Å². The highest BCUT2D eigenvalue weighted by atomic mass is 35.5. The lowest BCUT2D eigenvalue weighted by molar-refractivity contribution is 0.102. The van der Waals surface area contributed by atoms with Gasteiger partial charge in [-0.1, -0.05) is 37.0 Å². The molecule has 1 heterocycles. The fraction of sp³-hybridized carbons (Fsp3) is 0.250. The molecule has 19 heavy (non-hydrogen) atoms. The number of anilines is 1. The zero-order valence-electron chi connectivity index (χ0n) is 10.4. The number of aromatic amines is 1. The second-order valence-corrected chi connectivity index (χ2v) is 5.10. The maximum Gasteiger partial charge on any atom is 0.258 e. The first-order valence-electron chi connectivity index (χ1n) is 5.66. The number of benzene rings is 1. The quantitative estimate of drug-likeness (QED) is 0.911. The Hall–Kier alpha value is -1.59. The predicted molar refractivity (Wildman–Crippen MR) is 74.9 cm³/mol. The van der Waals surface area contributed by atoms with Gasteiger partial charge >= 0.3 is 0 Å². The number of carbonyl (C=O) groups is 1. The minimum Gasteiger partial charge on any atom is -0.289 e. The predicted octanol–water partition coefficient (Wildman–Crippen LogP) is 3.49. The van der Waals surface area contributed by atoms with E-state index in [1.165, 1.54) is 6.07 Å². The van der Waals surface area contributed by atoms with E-state index in [1.807, 2.05) is 13.8 Å². The molecule has 0 radical (unpaired) electrons. The third-order valence-electron chi connectivity index (χ3n) is 2.46. The highest BCUT2D eigenvalue weighted by Crippen LogP contribution is 2.23. The summed E-state index contributed by atoms with van der Waals surface area (Å²) in [5.74, 6) is 0.820. The molecule has 7 heteroatoms. The van der Waals surface area contributed by atoms with Crippen molar-refractivity contribution in [2.45, 2.75) is 19.8 Å². The van der Waals surface area contributed by atoms with Gasteiger partial charge in [0.05, 0.1) is 10.0 Å². The Morgan fingerprint density at radius 3 is 2.63 bits per heavy atom. The van der Waals surface area contributed by atoms with E-state index in [9.17, 15) is 4.79 Å². The lowest BCUT2D eigenvalue weighted by Gasteiger charge is -2.02. The molecule has 2 N–H and O–H groups in total. The number of halogens is 2. The number of hydrogen-bond donors (Lipinski definition) is 2. The zero-order valence-corrected chi connectivity index (χ0v) is 11.9. The normalized spacial score (nSPS) is 10.8. The van der Waals surface area contributed by atoms with E-state index in [0.717, 1.165) is 0 Å². The van der Waals surface area contributed by atoms with Gasteiger partial charge in [0, 0.05) is 11.5 Å². The lowest BCUT2D eigenvalue weighted by Crippen LogP contribution is -2.13.